The number of rotatable bonds is 6. The molecule has 5 nitrogen and oxygen atoms in total. The van der Waals surface area contributed by atoms with Gasteiger partial charge >= 0.3 is 0 Å². The molecule has 0 spiro atoms. The number of nitrogens with zero attached hydrogens (tertiary/aromatic N) is 1. The first-order valence-corrected chi connectivity index (χ1v) is 7.46. The van der Waals surface area contributed by atoms with Gasteiger partial charge in [-0.2, -0.15) is 0 Å². The Morgan fingerprint density at radius 1 is 1.29 bits per heavy atom. The minimum atomic E-state index is 0.0703. The smallest absolute Gasteiger partial charge is 0.260 e. The molecule has 0 unspecified atom stereocenters. The molecule has 1 amide bonds. The van der Waals surface area contributed by atoms with E-state index in [2.05, 4.69) is 5.32 Å². The van der Waals surface area contributed by atoms with Crippen molar-refractivity contribution in [3.63, 3.8) is 0 Å². The highest BCUT2D eigenvalue weighted by Crippen LogP contribution is 2.24. The Hall–Kier alpha value is -1.75. The number of hydrogen-bond donors (Lipinski definition) is 1. The van der Waals surface area contributed by atoms with E-state index >= 15 is 0 Å². The van der Waals surface area contributed by atoms with Crippen LogP contribution in [0.25, 0.3) is 0 Å². The van der Waals surface area contributed by atoms with E-state index in [9.17, 15) is 4.79 Å². The van der Waals surface area contributed by atoms with Gasteiger partial charge in [0.2, 0.25) is 0 Å². The zero-order chi connectivity index (χ0) is 15.1. The fourth-order valence-corrected chi connectivity index (χ4v) is 2.53. The summed E-state index contributed by atoms with van der Waals surface area (Å²) in [6.07, 6.45) is 3.41. The van der Waals surface area contributed by atoms with E-state index in [4.69, 9.17) is 9.47 Å². The molecule has 0 aliphatic carbocycles. The van der Waals surface area contributed by atoms with Crippen LogP contribution in [0.4, 0.5) is 0 Å². The van der Waals surface area contributed by atoms with E-state index in [1.54, 1.807) is 7.11 Å². The topological polar surface area (TPSA) is 50.8 Å². The van der Waals surface area contributed by atoms with Crippen LogP contribution in [0.5, 0.6) is 11.5 Å². The molecule has 0 saturated carbocycles. The van der Waals surface area contributed by atoms with Gasteiger partial charge in [0.15, 0.2) is 6.61 Å². The number of hydrogen-bond acceptors (Lipinski definition) is 4. The van der Waals surface area contributed by atoms with Crippen LogP contribution in [0.15, 0.2) is 18.2 Å². The van der Waals surface area contributed by atoms with E-state index in [0.717, 1.165) is 43.0 Å². The van der Waals surface area contributed by atoms with Crippen LogP contribution >= 0.6 is 0 Å². The molecule has 0 atom stereocenters. The van der Waals surface area contributed by atoms with Crippen molar-refractivity contribution in [2.45, 2.75) is 25.8 Å². The molecule has 5 heteroatoms. The quantitative estimate of drug-likeness (QED) is 0.869. The maximum Gasteiger partial charge on any atom is 0.260 e. The summed E-state index contributed by atoms with van der Waals surface area (Å²) in [7, 11) is 3.51. The molecule has 1 aliphatic rings. The van der Waals surface area contributed by atoms with E-state index in [0.29, 0.717) is 6.54 Å². The predicted octanol–water partition coefficient (Wildman–Crippen LogP) is 1.81. The zero-order valence-electron chi connectivity index (χ0n) is 12.9. The predicted molar refractivity (Wildman–Crippen MR) is 81.7 cm³/mol. The summed E-state index contributed by atoms with van der Waals surface area (Å²) >= 11 is 0. The highest BCUT2D eigenvalue weighted by atomic mass is 16.5. The molecule has 2 rings (SSSR count). The summed E-state index contributed by atoms with van der Waals surface area (Å²) in [6, 6.07) is 5.63. The van der Waals surface area contributed by atoms with Gasteiger partial charge in [-0.1, -0.05) is 0 Å². The summed E-state index contributed by atoms with van der Waals surface area (Å²) < 4.78 is 10.9. The molecule has 116 valence electrons. The number of amides is 1. The average Bonchev–Trinajstić information content (AvgIpc) is 2.54. The normalized spacial score (nSPS) is 14.9. The highest BCUT2D eigenvalue weighted by molar-refractivity contribution is 5.77. The molecule has 1 aliphatic heterocycles. The highest BCUT2D eigenvalue weighted by Gasteiger charge is 2.17. The third kappa shape index (κ3) is 4.36. The number of piperidine rings is 1. The number of methoxy groups -OCH3 is 1. The Morgan fingerprint density at radius 3 is 2.71 bits per heavy atom. The molecule has 1 saturated heterocycles. The number of nitrogens with one attached hydrogen (secondary N) is 1. The second kappa shape index (κ2) is 7.88. The van der Waals surface area contributed by atoms with Crippen molar-refractivity contribution in [2.75, 3.05) is 33.9 Å². The lowest BCUT2D eigenvalue weighted by atomic mass is 10.1. The van der Waals surface area contributed by atoms with Crippen LogP contribution in [0.3, 0.4) is 0 Å². The van der Waals surface area contributed by atoms with E-state index in [1.165, 1.54) is 6.42 Å². The van der Waals surface area contributed by atoms with E-state index < -0.39 is 0 Å². The second-order valence-electron chi connectivity index (χ2n) is 5.23. The average molecular weight is 292 g/mol. The van der Waals surface area contributed by atoms with Gasteiger partial charge in [0.05, 0.1) is 7.11 Å². The summed E-state index contributed by atoms with van der Waals surface area (Å²) in [5.41, 5.74) is 0.989. The number of likely N-dealkylation sites (tertiary alicyclic amines) is 1. The zero-order valence-corrected chi connectivity index (χ0v) is 12.9. The van der Waals surface area contributed by atoms with Gasteiger partial charge in [0.25, 0.3) is 5.91 Å². The van der Waals surface area contributed by atoms with Crippen molar-refractivity contribution in [3.05, 3.63) is 23.8 Å². The molecule has 0 aromatic heterocycles. The van der Waals surface area contributed by atoms with Crippen LogP contribution in [0.1, 0.15) is 24.8 Å². The number of carbonyl (C=O) groups is 1. The molecule has 21 heavy (non-hydrogen) atoms. The number of ether oxygens (including phenoxy) is 2. The van der Waals surface area contributed by atoms with E-state index in [1.807, 2.05) is 30.1 Å². The molecule has 1 fully saturated rings. The Kier molecular flexibility index (Phi) is 5.87. The van der Waals surface area contributed by atoms with Crippen LogP contribution in [0, 0.1) is 0 Å². The van der Waals surface area contributed by atoms with Gasteiger partial charge in [0.1, 0.15) is 11.5 Å². The molecular weight excluding hydrogens is 268 g/mol. The van der Waals surface area contributed by atoms with Crippen LogP contribution < -0.4 is 14.8 Å². The van der Waals surface area contributed by atoms with Crippen molar-refractivity contribution < 1.29 is 14.3 Å². The maximum atomic E-state index is 12.1. The molecule has 0 bridgehead atoms. The van der Waals surface area contributed by atoms with Crippen molar-refractivity contribution in [1.82, 2.24) is 10.2 Å². The standard InChI is InChI=1S/C16H24N2O3/c1-17-11-13-10-14(20-2)6-7-15(13)21-12-16(19)18-8-4-3-5-9-18/h6-7,10,17H,3-5,8-9,11-12H2,1-2H3. The fourth-order valence-electron chi connectivity index (χ4n) is 2.53. The SMILES string of the molecule is CNCc1cc(OC)ccc1OCC(=O)N1CCCCC1. The Morgan fingerprint density at radius 2 is 2.05 bits per heavy atom. The Labute approximate surface area is 126 Å². The summed E-state index contributed by atoms with van der Waals surface area (Å²) in [4.78, 5) is 14.0. The van der Waals surface area contributed by atoms with E-state index in [-0.39, 0.29) is 12.5 Å². The van der Waals surface area contributed by atoms with Crippen molar-refractivity contribution in [2.24, 2.45) is 0 Å². The van der Waals surface area contributed by atoms with Gasteiger partial charge in [-0.05, 0) is 44.5 Å². The third-order valence-electron chi connectivity index (χ3n) is 3.69. The van der Waals surface area contributed by atoms with Crippen molar-refractivity contribution in [3.8, 4) is 11.5 Å². The lowest BCUT2D eigenvalue weighted by Crippen LogP contribution is -2.38. The molecule has 1 heterocycles. The molecular formula is C16H24N2O3. The summed E-state index contributed by atoms with van der Waals surface area (Å²) in [5, 5.41) is 3.10. The summed E-state index contributed by atoms with van der Waals surface area (Å²) in [5.74, 6) is 1.59. The molecule has 1 aromatic carbocycles. The molecule has 1 aromatic rings. The maximum absolute atomic E-state index is 12.1. The van der Waals surface area contributed by atoms with Crippen LogP contribution in [-0.2, 0) is 11.3 Å². The number of benzene rings is 1. The minimum Gasteiger partial charge on any atom is -0.497 e. The monoisotopic (exact) mass is 292 g/mol. The lowest BCUT2D eigenvalue weighted by Gasteiger charge is -2.26. The number of carbonyl (C=O) groups excluding carboxylic acids is 1. The van der Waals surface area contributed by atoms with Crippen LogP contribution in [-0.4, -0.2) is 44.7 Å². The fraction of sp³-hybridized carbons (Fsp3) is 0.562. The lowest BCUT2D eigenvalue weighted by molar-refractivity contribution is -0.134. The van der Waals surface area contributed by atoms with Gasteiger partial charge in [-0.15, -0.1) is 0 Å². The largest absolute Gasteiger partial charge is 0.497 e. The first-order chi connectivity index (χ1) is 10.2. The Balaban J connectivity index is 1.96. The molecule has 1 N–H and O–H groups in total. The molecule has 0 radical (unpaired) electrons. The van der Waals surface area contributed by atoms with Gasteiger partial charge in [-0.3, -0.25) is 4.79 Å². The minimum absolute atomic E-state index is 0.0703. The first-order valence-electron chi connectivity index (χ1n) is 7.46. The van der Waals surface area contributed by atoms with Gasteiger partial charge < -0.3 is 19.7 Å². The van der Waals surface area contributed by atoms with Gasteiger partial charge in [0, 0.05) is 25.2 Å². The Bertz CT molecular complexity index is 471. The van der Waals surface area contributed by atoms with Crippen molar-refractivity contribution in [1.29, 1.82) is 0 Å². The van der Waals surface area contributed by atoms with Crippen LogP contribution in [0.2, 0.25) is 0 Å². The summed E-state index contributed by atoms with van der Waals surface area (Å²) in [6.45, 7) is 2.48. The van der Waals surface area contributed by atoms with Crippen molar-refractivity contribution >= 4 is 5.91 Å². The second-order valence-corrected chi connectivity index (χ2v) is 5.23. The first kappa shape index (κ1) is 15.6. The third-order valence-corrected chi connectivity index (χ3v) is 3.69. The van der Waals surface area contributed by atoms with Gasteiger partial charge in [-0.25, -0.2) is 0 Å².